The average molecular weight is 288 g/mol. The number of aromatic carboxylic acids is 1. The largest absolute Gasteiger partial charge is 0.478 e. The van der Waals surface area contributed by atoms with Gasteiger partial charge >= 0.3 is 5.97 Å². The molecule has 0 amide bonds. The Morgan fingerprint density at radius 3 is 2.85 bits per heavy atom. The summed E-state index contributed by atoms with van der Waals surface area (Å²) in [4.78, 5) is 16.2. The number of hydrogen-bond acceptors (Lipinski definition) is 4. The summed E-state index contributed by atoms with van der Waals surface area (Å²) in [7, 11) is 0. The van der Waals surface area contributed by atoms with Crippen LogP contribution in [0.4, 0.5) is 5.69 Å². The Hall–Kier alpha value is -2.01. The van der Waals surface area contributed by atoms with E-state index in [1.165, 1.54) is 11.8 Å². The molecular weight excluding hydrogens is 272 g/mol. The standard InChI is InChI=1S/C15H16N2O2S/c1-10-8-16-7-6-11(10)9-17-12-4-3-5-13(20-2)14(12)15(18)19/h3-8,17H,9H2,1-2H3,(H,18,19). The van der Waals surface area contributed by atoms with Crippen molar-refractivity contribution in [2.45, 2.75) is 18.4 Å². The van der Waals surface area contributed by atoms with E-state index in [2.05, 4.69) is 10.3 Å². The predicted octanol–water partition coefficient (Wildman–Crippen LogP) is 3.42. The molecule has 20 heavy (non-hydrogen) atoms. The predicted molar refractivity (Wildman–Crippen MR) is 81.5 cm³/mol. The summed E-state index contributed by atoms with van der Waals surface area (Å²) in [6.07, 6.45) is 5.41. The molecule has 2 N–H and O–H groups in total. The van der Waals surface area contributed by atoms with Gasteiger partial charge in [-0.1, -0.05) is 6.07 Å². The molecule has 2 aromatic rings. The van der Waals surface area contributed by atoms with Gasteiger partial charge in [0.1, 0.15) is 0 Å². The van der Waals surface area contributed by atoms with Crippen molar-refractivity contribution in [3.63, 3.8) is 0 Å². The van der Waals surface area contributed by atoms with Crippen LogP contribution >= 0.6 is 11.8 Å². The molecule has 0 saturated heterocycles. The quantitative estimate of drug-likeness (QED) is 0.825. The molecule has 0 unspecified atom stereocenters. The number of nitrogens with zero attached hydrogens (tertiary/aromatic N) is 1. The van der Waals surface area contributed by atoms with Crippen LogP contribution in [0.15, 0.2) is 41.6 Å². The highest BCUT2D eigenvalue weighted by atomic mass is 32.2. The van der Waals surface area contributed by atoms with Crippen molar-refractivity contribution in [3.05, 3.63) is 53.3 Å². The molecule has 0 aliphatic rings. The molecule has 0 fully saturated rings. The fraction of sp³-hybridized carbons (Fsp3) is 0.200. The summed E-state index contributed by atoms with van der Waals surface area (Å²) in [5, 5.41) is 12.6. The van der Waals surface area contributed by atoms with Crippen molar-refractivity contribution in [3.8, 4) is 0 Å². The van der Waals surface area contributed by atoms with E-state index in [1.54, 1.807) is 18.5 Å². The number of carboxylic acids is 1. The van der Waals surface area contributed by atoms with E-state index in [1.807, 2.05) is 31.4 Å². The van der Waals surface area contributed by atoms with Gasteiger partial charge in [0.25, 0.3) is 0 Å². The number of thioether (sulfide) groups is 1. The minimum atomic E-state index is -0.913. The first-order chi connectivity index (χ1) is 9.63. The molecule has 0 saturated carbocycles. The molecule has 0 bridgehead atoms. The summed E-state index contributed by atoms with van der Waals surface area (Å²) in [6, 6.07) is 7.40. The Kier molecular flexibility index (Phi) is 4.63. The van der Waals surface area contributed by atoms with Gasteiger partial charge in [-0.25, -0.2) is 4.79 Å². The van der Waals surface area contributed by atoms with Gasteiger partial charge in [-0.3, -0.25) is 4.98 Å². The van der Waals surface area contributed by atoms with Crippen LogP contribution in [0.25, 0.3) is 0 Å². The molecule has 0 spiro atoms. The van der Waals surface area contributed by atoms with Crippen LogP contribution in [0.3, 0.4) is 0 Å². The third-order valence-electron chi connectivity index (χ3n) is 3.07. The molecule has 5 heteroatoms. The Bertz CT molecular complexity index is 629. The normalized spacial score (nSPS) is 10.3. The highest BCUT2D eigenvalue weighted by Gasteiger charge is 2.14. The van der Waals surface area contributed by atoms with E-state index < -0.39 is 5.97 Å². The molecule has 104 valence electrons. The molecule has 1 aromatic heterocycles. The maximum atomic E-state index is 11.4. The topological polar surface area (TPSA) is 62.2 Å². The molecule has 0 aliphatic carbocycles. The molecule has 0 atom stereocenters. The molecule has 0 aliphatic heterocycles. The minimum absolute atomic E-state index is 0.326. The van der Waals surface area contributed by atoms with Gasteiger partial charge in [0, 0.05) is 23.8 Å². The molecular formula is C15H16N2O2S. The minimum Gasteiger partial charge on any atom is -0.478 e. The van der Waals surface area contributed by atoms with Crippen molar-refractivity contribution >= 4 is 23.4 Å². The fourth-order valence-electron chi connectivity index (χ4n) is 1.96. The van der Waals surface area contributed by atoms with Gasteiger partial charge in [0.2, 0.25) is 0 Å². The Balaban J connectivity index is 2.26. The number of aromatic nitrogens is 1. The highest BCUT2D eigenvalue weighted by Crippen LogP contribution is 2.27. The smallest absolute Gasteiger partial charge is 0.338 e. The maximum Gasteiger partial charge on any atom is 0.338 e. The Morgan fingerprint density at radius 2 is 2.20 bits per heavy atom. The zero-order valence-electron chi connectivity index (χ0n) is 11.4. The number of carboxylic acid groups (broad SMARTS) is 1. The van der Waals surface area contributed by atoms with Gasteiger partial charge < -0.3 is 10.4 Å². The zero-order chi connectivity index (χ0) is 14.5. The molecule has 0 radical (unpaired) electrons. The van der Waals surface area contributed by atoms with Crippen molar-refractivity contribution in [1.29, 1.82) is 0 Å². The summed E-state index contributed by atoms with van der Waals surface area (Å²) in [5.74, 6) is -0.913. The number of pyridine rings is 1. The first-order valence-electron chi connectivity index (χ1n) is 6.17. The summed E-state index contributed by atoms with van der Waals surface area (Å²) >= 11 is 1.43. The number of rotatable bonds is 5. The molecule has 2 rings (SSSR count). The molecule has 1 heterocycles. The van der Waals surface area contributed by atoms with Gasteiger partial charge in [-0.15, -0.1) is 11.8 Å². The lowest BCUT2D eigenvalue weighted by Crippen LogP contribution is -2.08. The number of anilines is 1. The fourth-order valence-corrected chi connectivity index (χ4v) is 2.58. The monoisotopic (exact) mass is 288 g/mol. The maximum absolute atomic E-state index is 11.4. The van der Waals surface area contributed by atoms with Crippen LogP contribution in [0.2, 0.25) is 0 Å². The van der Waals surface area contributed by atoms with Gasteiger partial charge in [0.05, 0.1) is 11.3 Å². The van der Waals surface area contributed by atoms with Crippen LogP contribution in [-0.4, -0.2) is 22.3 Å². The molecule has 1 aromatic carbocycles. The van der Waals surface area contributed by atoms with Gasteiger partial charge in [-0.05, 0) is 42.5 Å². The van der Waals surface area contributed by atoms with Crippen molar-refractivity contribution in [2.24, 2.45) is 0 Å². The Labute approximate surface area is 122 Å². The van der Waals surface area contributed by atoms with E-state index in [0.717, 1.165) is 16.0 Å². The number of carbonyl (C=O) groups is 1. The average Bonchev–Trinajstić information content (AvgIpc) is 2.45. The van der Waals surface area contributed by atoms with Crippen molar-refractivity contribution in [2.75, 3.05) is 11.6 Å². The van der Waals surface area contributed by atoms with Gasteiger partial charge in [0.15, 0.2) is 0 Å². The van der Waals surface area contributed by atoms with E-state index in [-0.39, 0.29) is 0 Å². The van der Waals surface area contributed by atoms with E-state index >= 15 is 0 Å². The second kappa shape index (κ2) is 6.43. The third-order valence-corrected chi connectivity index (χ3v) is 3.85. The molecule has 4 nitrogen and oxygen atoms in total. The highest BCUT2D eigenvalue weighted by molar-refractivity contribution is 7.98. The van der Waals surface area contributed by atoms with E-state index in [9.17, 15) is 9.90 Å². The van der Waals surface area contributed by atoms with Crippen LogP contribution in [-0.2, 0) is 6.54 Å². The lowest BCUT2D eigenvalue weighted by Gasteiger charge is -2.13. The van der Waals surface area contributed by atoms with E-state index in [4.69, 9.17) is 0 Å². The number of benzene rings is 1. The number of aryl methyl sites for hydroxylation is 1. The second-order valence-corrected chi connectivity index (χ2v) is 5.19. The lowest BCUT2D eigenvalue weighted by atomic mass is 10.1. The Morgan fingerprint density at radius 1 is 1.40 bits per heavy atom. The number of nitrogens with one attached hydrogen (secondary N) is 1. The zero-order valence-corrected chi connectivity index (χ0v) is 12.2. The van der Waals surface area contributed by atoms with Crippen LogP contribution in [0, 0.1) is 6.92 Å². The van der Waals surface area contributed by atoms with Crippen molar-refractivity contribution < 1.29 is 9.90 Å². The number of hydrogen-bond donors (Lipinski definition) is 2. The first kappa shape index (κ1) is 14.4. The van der Waals surface area contributed by atoms with Crippen LogP contribution in [0.1, 0.15) is 21.5 Å². The van der Waals surface area contributed by atoms with E-state index in [0.29, 0.717) is 17.8 Å². The third kappa shape index (κ3) is 3.11. The summed E-state index contributed by atoms with van der Waals surface area (Å²) in [6.45, 7) is 2.56. The van der Waals surface area contributed by atoms with Crippen molar-refractivity contribution in [1.82, 2.24) is 4.98 Å². The SMILES string of the molecule is CSc1cccc(NCc2ccncc2C)c1C(=O)O. The summed E-state index contributed by atoms with van der Waals surface area (Å²) in [5.41, 5.74) is 3.15. The van der Waals surface area contributed by atoms with Crippen LogP contribution in [0.5, 0.6) is 0 Å². The van der Waals surface area contributed by atoms with Gasteiger partial charge in [-0.2, -0.15) is 0 Å². The summed E-state index contributed by atoms with van der Waals surface area (Å²) < 4.78 is 0. The first-order valence-corrected chi connectivity index (χ1v) is 7.39. The second-order valence-electron chi connectivity index (χ2n) is 4.34. The van der Waals surface area contributed by atoms with Crippen LogP contribution < -0.4 is 5.32 Å². The lowest BCUT2D eigenvalue weighted by molar-refractivity contribution is 0.0694.